The highest BCUT2D eigenvalue weighted by atomic mass is 16.4. The Morgan fingerprint density at radius 3 is 2.46 bits per heavy atom. The molecule has 4 nitrogen and oxygen atoms in total. The Kier molecular flexibility index (Phi) is 8.84. The van der Waals surface area contributed by atoms with Crippen molar-refractivity contribution in [3.63, 3.8) is 0 Å². The van der Waals surface area contributed by atoms with Crippen molar-refractivity contribution in [1.29, 1.82) is 0 Å². The summed E-state index contributed by atoms with van der Waals surface area (Å²) < 4.78 is 0. The molecule has 0 saturated carbocycles. The first-order valence-electron chi connectivity index (χ1n) is 8.62. The number of unbranched alkanes of at least 4 members (excludes halogenated alkanes) is 1. The molecule has 24 heavy (non-hydrogen) atoms. The van der Waals surface area contributed by atoms with E-state index in [9.17, 15) is 14.7 Å². The molecule has 0 spiro atoms. The highest BCUT2D eigenvalue weighted by Gasteiger charge is 2.25. The molecule has 0 radical (unpaired) electrons. The van der Waals surface area contributed by atoms with Crippen LogP contribution in [0.1, 0.15) is 45.1 Å². The number of allylic oxidation sites excluding steroid dienone is 1. The molecule has 1 unspecified atom stereocenters. The number of amides is 1. The fourth-order valence-corrected chi connectivity index (χ4v) is 2.72. The van der Waals surface area contributed by atoms with Crippen molar-refractivity contribution in [2.45, 2.75) is 52.0 Å². The van der Waals surface area contributed by atoms with Gasteiger partial charge in [-0.2, -0.15) is 0 Å². The third-order valence-corrected chi connectivity index (χ3v) is 3.98. The van der Waals surface area contributed by atoms with Gasteiger partial charge in [0.15, 0.2) is 0 Å². The fraction of sp³-hybridized carbons (Fsp3) is 0.500. The van der Waals surface area contributed by atoms with E-state index in [-0.39, 0.29) is 17.7 Å². The summed E-state index contributed by atoms with van der Waals surface area (Å²) >= 11 is 0. The minimum atomic E-state index is -0.971. The SMILES string of the molecule is C=CCCCC(Cc1ccccc1)C(=O)N[C@@H](CC(C)C)C(=O)O. The molecule has 0 fully saturated rings. The van der Waals surface area contributed by atoms with Crippen molar-refractivity contribution in [3.05, 3.63) is 48.6 Å². The average molecular weight is 331 g/mol. The van der Waals surface area contributed by atoms with E-state index in [4.69, 9.17) is 0 Å². The zero-order valence-electron chi connectivity index (χ0n) is 14.7. The smallest absolute Gasteiger partial charge is 0.326 e. The molecule has 0 aromatic heterocycles. The van der Waals surface area contributed by atoms with Gasteiger partial charge in [-0.1, -0.05) is 50.3 Å². The first-order valence-corrected chi connectivity index (χ1v) is 8.62. The first kappa shape index (κ1) is 19.9. The van der Waals surface area contributed by atoms with Crippen LogP contribution in [-0.2, 0) is 16.0 Å². The third kappa shape index (κ3) is 7.44. The number of carboxylic acid groups (broad SMARTS) is 1. The van der Waals surface area contributed by atoms with E-state index in [2.05, 4.69) is 11.9 Å². The second-order valence-electron chi connectivity index (χ2n) is 6.64. The average Bonchev–Trinajstić information content (AvgIpc) is 2.53. The van der Waals surface area contributed by atoms with Crippen LogP contribution < -0.4 is 5.32 Å². The highest BCUT2D eigenvalue weighted by Crippen LogP contribution is 2.17. The van der Waals surface area contributed by atoms with Gasteiger partial charge in [0, 0.05) is 5.92 Å². The number of hydrogen-bond acceptors (Lipinski definition) is 2. The standard InChI is InChI=1S/C20H29NO3/c1-4-5-7-12-17(14-16-10-8-6-9-11-16)19(22)21-18(20(23)24)13-15(2)3/h4,6,8-11,15,17-18H,1,5,7,12-14H2,2-3H3,(H,21,22)(H,23,24)/t17?,18-/m0/s1. The summed E-state index contributed by atoms with van der Waals surface area (Å²) in [6.07, 6.45) is 5.35. The topological polar surface area (TPSA) is 66.4 Å². The van der Waals surface area contributed by atoms with Gasteiger partial charge in [0.2, 0.25) is 5.91 Å². The molecule has 132 valence electrons. The van der Waals surface area contributed by atoms with Gasteiger partial charge in [-0.3, -0.25) is 4.79 Å². The van der Waals surface area contributed by atoms with Crippen LogP contribution in [0.2, 0.25) is 0 Å². The van der Waals surface area contributed by atoms with Crippen LogP contribution in [0.5, 0.6) is 0 Å². The minimum Gasteiger partial charge on any atom is -0.480 e. The lowest BCUT2D eigenvalue weighted by Gasteiger charge is -2.21. The maximum atomic E-state index is 12.6. The highest BCUT2D eigenvalue weighted by molar-refractivity contribution is 5.85. The quantitative estimate of drug-likeness (QED) is 0.478. The Hall–Kier alpha value is -2.10. The van der Waals surface area contributed by atoms with Crippen LogP contribution in [-0.4, -0.2) is 23.0 Å². The fourth-order valence-electron chi connectivity index (χ4n) is 2.72. The first-order chi connectivity index (χ1) is 11.4. The van der Waals surface area contributed by atoms with E-state index in [1.807, 2.05) is 50.3 Å². The number of hydrogen-bond donors (Lipinski definition) is 2. The van der Waals surface area contributed by atoms with E-state index in [0.29, 0.717) is 12.8 Å². The van der Waals surface area contributed by atoms with E-state index in [1.54, 1.807) is 0 Å². The van der Waals surface area contributed by atoms with Crippen LogP contribution in [0.15, 0.2) is 43.0 Å². The lowest BCUT2D eigenvalue weighted by atomic mass is 9.92. The van der Waals surface area contributed by atoms with Gasteiger partial charge in [0.05, 0.1) is 0 Å². The van der Waals surface area contributed by atoms with Gasteiger partial charge in [-0.25, -0.2) is 4.79 Å². The predicted molar refractivity (Wildman–Crippen MR) is 96.7 cm³/mol. The summed E-state index contributed by atoms with van der Waals surface area (Å²) in [5.41, 5.74) is 1.09. The van der Waals surface area contributed by atoms with Crippen LogP contribution in [0.4, 0.5) is 0 Å². The summed E-state index contributed by atoms with van der Waals surface area (Å²) in [7, 11) is 0. The molecule has 0 aliphatic carbocycles. The van der Waals surface area contributed by atoms with Gasteiger partial charge in [-0.15, -0.1) is 6.58 Å². The van der Waals surface area contributed by atoms with Gasteiger partial charge in [0.25, 0.3) is 0 Å². The van der Waals surface area contributed by atoms with Crippen molar-refractivity contribution in [2.75, 3.05) is 0 Å². The molecule has 0 aliphatic rings. The lowest BCUT2D eigenvalue weighted by Crippen LogP contribution is -2.44. The predicted octanol–water partition coefficient (Wildman–Crippen LogP) is 3.82. The Labute approximate surface area is 145 Å². The molecular weight excluding hydrogens is 302 g/mol. The summed E-state index contributed by atoms with van der Waals surface area (Å²) in [5.74, 6) is -1.15. The Morgan fingerprint density at radius 1 is 1.25 bits per heavy atom. The van der Waals surface area contributed by atoms with Crippen molar-refractivity contribution in [3.8, 4) is 0 Å². The van der Waals surface area contributed by atoms with Crippen molar-refractivity contribution < 1.29 is 14.7 Å². The summed E-state index contributed by atoms with van der Waals surface area (Å²) in [4.78, 5) is 24.0. The van der Waals surface area contributed by atoms with Crippen LogP contribution in [0.3, 0.4) is 0 Å². The number of carbonyl (C=O) groups is 2. The van der Waals surface area contributed by atoms with Gasteiger partial charge >= 0.3 is 5.97 Å². The number of aliphatic carboxylic acids is 1. The van der Waals surface area contributed by atoms with E-state index in [0.717, 1.165) is 24.8 Å². The maximum Gasteiger partial charge on any atom is 0.326 e. The molecule has 0 bridgehead atoms. The Morgan fingerprint density at radius 2 is 1.92 bits per heavy atom. The monoisotopic (exact) mass is 331 g/mol. The molecule has 1 amide bonds. The third-order valence-electron chi connectivity index (χ3n) is 3.98. The number of nitrogens with one attached hydrogen (secondary N) is 1. The van der Waals surface area contributed by atoms with E-state index < -0.39 is 12.0 Å². The van der Waals surface area contributed by atoms with Gasteiger partial charge < -0.3 is 10.4 Å². The summed E-state index contributed by atoms with van der Waals surface area (Å²) in [5, 5.41) is 12.1. The Balaban J connectivity index is 2.77. The van der Waals surface area contributed by atoms with E-state index >= 15 is 0 Å². The number of benzene rings is 1. The molecule has 0 aliphatic heterocycles. The molecule has 0 heterocycles. The second-order valence-corrected chi connectivity index (χ2v) is 6.64. The summed E-state index contributed by atoms with van der Waals surface area (Å²) in [6, 6.07) is 9.02. The molecule has 4 heteroatoms. The summed E-state index contributed by atoms with van der Waals surface area (Å²) in [6.45, 7) is 7.62. The van der Waals surface area contributed by atoms with Crippen LogP contribution >= 0.6 is 0 Å². The second kappa shape index (κ2) is 10.6. The molecule has 2 atom stereocenters. The van der Waals surface area contributed by atoms with E-state index in [1.165, 1.54) is 0 Å². The van der Waals surface area contributed by atoms with Gasteiger partial charge in [0.1, 0.15) is 6.04 Å². The lowest BCUT2D eigenvalue weighted by molar-refractivity contribution is -0.143. The molecule has 2 N–H and O–H groups in total. The zero-order chi connectivity index (χ0) is 17.9. The molecular formula is C20H29NO3. The minimum absolute atomic E-state index is 0.170. The number of rotatable bonds is 11. The van der Waals surface area contributed by atoms with Crippen molar-refractivity contribution in [1.82, 2.24) is 5.32 Å². The molecule has 0 saturated heterocycles. The Bertz CT molecular complexity index is 525. The van der Waals surface area contributed by atoms with Crippen LogP contribution in [0, 0.1) is 11.8 Å². The normalized spacial score (nSPS) is 13.3. The number of carbonyl (C=O) groups excluding carboxylic acids is 1. The molecule has 1 aromatic rings. The maximum absolute atomic E-state index is 12.6. The van der Waals surface area contributed by atoms with Crippen molar-refractivity contribution >= 4 is 11.9 Å². The number of carboxylic acids is 1. The largest absolute Gasteiger partial charge is 0.480 e. The van der Waals surface area contributed by atoms with Gasteiger partial charge in [-0.05, 0) is 43.6 Å². The zero-order valence-corrected chi connectivity index (χ0v) is 14.7. The molecule has 1 aromatic carbocycles. The van der Waals surface area contributed by atoms with Crippen molar-refractivity contribution in [2.24, 2.45) is 11.8 Å². The van der Waals surface area contributed by atoms with Crippen LogP contribution in [0.25, 0.3) is 0 Å². The molecule has 1 rings (SSSR count).